The summed E-state index contributed by atoms with van der Waals surface area (Å²) in [5.74, 6) is 1.82. The Morgan fingerprint density at radius 1 is 0.187 bits per heavy atom. The molecule has 18 aromatic rings. The van der Waals surface area contributed by atoms with Crippen LogP contribution in [-0.2, 0) is 21.1 Å². The van der Waals surface area contributed by atoms with E-state index in [2.05, 4.69) is 428 Å². The zero-order chi connectivity index (χ0) is 84.0. The molecule has 3 aromatic heterocycles. The second kappa shape index (κ2) is 28.9. The summed E-state index contributed by atoms with van der Waals surface area (Å²) < 4.78 is 6.82. The van der Waals surface area contributed by atoms with Gasteiger partial charge in [-0.25, -0.2) is 13.7 Å². The number of rotatable bonds is 6. The van der Waals surface area contributed by atoms with E-state index in [0.717, 1.165) is 0 Å². The second-order valence-electron chi connectivity index (χ2n) is 36.8. The number of pyridine rings is 3. The monoisotopic (exact) mass is 1580 g/mol. The smallest absolute Gasteiger partial charge is 0.200 e. The van der Waals surface area contributed by atoms with Crippen molar-refractivity contribution in [1.29, 1.82) is 0 Å². The van der Waals surface area contributed by atoms with Crippen molar-refractivity contribution in [3.8, 4) is 67.2 Å². The van der Waals surface area contributed by atoms with Crippen molar-refractivity contribution in [1.82, 2.24) is 0 Å². The first-order valence-corrected chi connectivity index (χ1v) is 44.2. The van der Waals surface area contributed by atoms with Gasteiger partial charge in [0.05, 0.1) is 32.8 Å². The summed E-state index contributed by atoms with van der Waals surface area (Å²) in [5.41, 5.74) is 58.3. The molecular formula is C120H102N3+3. The Morgan fingerprint density at radius 2 is 0.447 bits per heavy atom. The summed E-state index contributed by atoms with van der Waals surface area (Å²) in [6, 6.07) is 111. The van der Waals surface area contributed by atoms with E-state index >= 15 is 0 Å². The third-order valence-electron chi connectivity index (χ3n) is 29.3. The predicted octanol–water partition coefficient (Wildman–Crippen LogP) is 27.7. The van der Waals surface area contributed by atoms with Crippen LogP contribution in [0.2, 0.25) is 0 Å². The molecular weight excluding hydrogens is 1480 g/mol. The number of aromatic nitrogens is 3. The van der Waals surface area contributed by atoms with Gasteiger partial charge in [-0.2, -0.15) is 0 Å². The highest BCUT2D eigenvalue weighted by atomic mass is 14.9. The molecule has 9 aliphatic rings. The minimum absolute atomic E-state index is 0.286. The van der Waals surface area contributed by atoms with E-state index in [1.807, 2.05) is 0 Å². The lowest BCUT2D eigenvalue weighted by Gasteiger charge is -2.43. The highest BCUT2D eigenvalue weighted by Gasteiger charge is 2.45. The maximum absolute atomic E-state index is 2.50. The van der Waals surface area contributed by atoms with Crippen molar-refractivity contribution in [3.63, 3.8) is 0 Å². The fraction of sp³-hybridized carbons (Fsp3) is 0.175. The van der Waals surface area contributed by atoms with Gasteiger partial charge in [0.1, 0.15) is 21.1 Å². The molecule has 0 fully saturated rings. The first-order chi connectivity index (χ1) is 59.7. The van der Waals surface area contributed by atoms with Crippen LogP contribution in [0.5, 0.6) is 0 Å². The molecule has 9 aliphatic carbocycles. The molecule has 3 heteroatoms. The molecule has 0 saturated heterocycles. The lowest BCUT2D eigenvalue weighted by atomic mass is 9.60. The largest absolute Gasteiger partial charge is 0.220 e. The Bertz CT molecular complexity index is 7510. The summed E-state index contributed by atoms with van der Waals surface area (Å²) >= 11 is 0. The number of aryl methyl sites for hydroxylation is 12. The molecule has 0 spiro atoms. The topological polar surface area (TPSA) is 11.6 Å². The third kappa shape index (κ3) is 11.9. The van der Waals surface area contributed by atoms with Crippen molar-refractivity contribution >= 4 is 32.3 Å². The standard InChI is InChI=1S/C41H36N.C40H34N.C39H32N/c1-23-11-13-34-36(18-23)40-33-10-8-7-9-32(33)39(34)37-22-30(20-26(4)38(37)40)28-12-14-31-29(21-28)15-16-42(6)41(31)35-19-24(2)17-25(3)27(35)5;1-23-18-24(2)26(4)35(19-23)40-30-15-14-27(21-28(30)16-17-41(40)5)29-20-25(3)37-36(22-29)38-31-10-6-8-12-33(31)39(37)34-13-9-7-11-32(34)38;1-23-19-24(2)25(3)35(20-23)39-29-15-13-26(21-28(29)17-18-40(39)4)27-14-16-34-36(22-27)38-32-11-7-5-9-30(32)37(34)31-10-6-8-12-33(31)38/h7-22,39-40H,1-6H3;6-22,38-39H,1-5H3;5-22,37-38H,1-4H3/q3*+1. The minimum Gasteiger partial charge on any atom is -0.200 e. The maximum Gasteiger partial charge on any atom is 0.220 e. The fourth-order valence-corrected chi connectivity index (χ4v) is 23.4. The number of benzene rings is 15. The van der Waals surface area contributed by atoms with E-state index in [9.17, 15) is 0 Å². The van der Waals surface area contributed by atoms with Crippen LogP contribution >= 0.6 is 0 Å². The van der Waals surface area contributed by atoms with E-state index in [1.54, 1.807) is 0 Å². The maximum atomic E-state index is 2.50. The second-order valence-corrected chi connectivity index (χ2v) is 36.8. The summed E-state index contributed by atoms with van der Waals surface area (Å²) in [6.07, 6.45) is 6.63. The third-order valence-corrected chi connectivity index (χ3v) is 29.3. The van der Waals surface area contributed by atoms with Gasteiger partial charge in [-0.1, -0.05) is 222 Å². The number of nitrogens with zero attached hydrogens (tertiary/aromatic N) is 3. The van der Waals surface area contributed by atoms with Gasteiger partial charge in [0.25, 0.3) is 0 Å². The number of fused-ring (bicyclic) bond motifs is 3. The van der Waals surface area contributed by atoms with E-state index in [-0.39, 0.29) is 5.92 Å². The Morgan fingerprint density at radius 3 is 0.797 bits per heavy atom. The highest BCUT2D eigenvalue weighted by molar-refractivity contribution is 6.00. The minimum atomic E-state index is 0.286. The van der Waals surface area contributed by atoms with E-state index in [0.29, 0.717) is 29.6 Å². The lowest BCUT2D eigenvalue weighted by Crippen LogP contribution is -2.30. The first-order valence-electron chi connectivity index (χ1n) is 44.2. The van der Waals surface area contributed by atoms with Crippen LogP contribution in [0.25, 0.3) is 99.5 Å². The average molecular weight is 1590 g/mol. The normalized spacial score (nSPS) is 16.4. The molecule has 0 N–H and O–H groups in total. The predicted molar refractivity (Wildman–Crippen MR) is 509 cm³/mol. The van der Waals surface area contributed by atoms with Gasteiger partial charge in [-0.05, 0) is 350 Å². The Hall–Kier alpha value is -13.5. The molecule has 15 aromatic carbocycles. The summed E-state index contributed by atoms with van der Waals surface area (Å²) in [4.78, 5) is 0. The molecule has 2 atom stereocenters. The van der Waals surface area contributed by atoms with Crippen molar-refractivity contribution in [2.24, 2.45) is 21.1 Å². The lowest BCUT2D eigenvalue weighted by molar-refractivity contribution is -0.659. The molecule has 594 valence electrons. The summed E-state index contributed by atoms with van der Waals surface area (Å²) in [5, 5.41) is 7.72. The van der Waals surface area contributed by atoms with Gasteiger partial charge in [0, 0.05) is 53.7 Å². The quantitative estimate of drug-likeness (QED) is 0.147. The molecule has 123 heavy (non-hydrogen) atoms. The van der Waals surface area contributed by atoms with Gasteiger partial charge < -0.3 is 0 Å². The molecule has 0 aliphatic heterocycles. The summed E-state index contributed by atoms with van der Waals surface area (Å²) in [6.45, 7) is 26.8. The van der Waals surface area contributed by atoms with Crippen LogP contribution in [0.15, 0.2) is 310 Å². The highest BCUT2D eigenvalue weighted by Crippen LogP contribution is 2.61. The molecule has 6 bridgehead atoms. The molecule has 2 unspecified atom stereocenters. The fourth-order valence-electron chi connectivity index (χ4n) is 23.4. The van der Waals surface area contributed by atoms with Gasteiger partial charge in [0.15, 0.2) is 18.6 Å². The van der Waals surface area contributed by atoms with Gasteiger partial charge in [0.2, 0.25) is 17.1 Å². The molecule has 3 nitrogen and oxygen atoms in total. The van der Waals surface area contributed by atoms with E-state index in [4.69, 9.17) is 0 Å². The van der Waals surface area contributed by atoms with Gasteiger partial charge in [-0.3, -0.25) is 0 Å². The van der Waals surface area contributed by atoms with Crippen LogP contribution in [0.4, 0.5) is 0 Å². The van der Waals surface area contributed by atoms with Crippen LogP contribution in [-0.4, -0.2) is 0 Å². The SMILES string of the molecule is Cc1cc(C)c(C)c(-c2c3ccc(-c4cc(C)c5c(c4)C4c6ccccc6C5c5cc(C)ccc54)cc3cc[n+]2C)c1.Cc1cc(C)c(C)c(-c2c3ccc(-c4cc(C)c5c(c4)C4c6ccccc6C5c5ccccc54)cc3cc[n+]2C)c1.Cc1cc(C)c(C)c(-c2c3ccc(-c4ccc5c(c4)C4c6ccccc6C5c5ccccc54)cc3cc[n+]2C)c1. The Kier molecular flexibility index (Phi) is 17.8. The molecule has 27 rings (SSSR count). The van der Waals surface area contributed by atoms with Gasteiger partial charge in [-0.15, -0.1) is 0 Å². The van der Waals surface area contributed by atoms with Crippen LogP contribution in [0.1, 0.15) is 202 Å². The Balaban J connectivity index is 0.000000110. The zero-order valence-electron chi connectivity index (χ0n) is 73.3. The Labute approximate surface area is 724 Å². The number of hydrogen-bond donors (Lipinski definition) is 0. The zero-order valence-corrected chi connectivity index (χ0v) is 73.3. The molecule has 0 radical (unpaired) electrons. The van der Waals surface area contributed by atoms with Crippen molar-refractivity contribution in [2.75, 3.05) is 0 Å². The van der Waals surface area contributed by atoms with Crippen molar-refractivity contribution in [3.05, 3.63) is 477 Å². The number of hydrogen-bond acceptors (Lipinski definition) is 0. The first kappa shape index (κ1) is 75.7. The molecule has 3 heterocycles. The van der Waals surface area contributed by atoms with Crippen molar-refractivity contribution < 1.29 is 13.7 Å². The van der Waals surface area contributed by atoms with Crippen molar-refractivity contribution in [2.45, 2.75) is 119 Å². The molecule has 0 saturated carbocycles. The van der Waals surface area contributed by atoms with Crippen LogP contribution < -0.4 is 13.7 Å². The summed E-state index contributed by atoms with van der Waals surface area (Å²) in [7, 11) is 6.49. The van der Waals surface area contributed by atoms with Gasteiger partial charge >= 0.3 is 0 Å². The molecule has 0 amide bonds. The average Bonchev–Trinajstić information content (AvgIpc) is 0.707. The van der Waals surface area contributed by atoms with Crippen LogP contribution in [0.3, 0.4) is 0 Å². The van der Waals surface area contributed by atoms with E-state index < -0.39 is 0 Å². The van der Waals surface area contributed by atoms with E-state index in [1.165, 1.54) is 266 Å². The van der Waals surface area contributed by atoms with Crippen LogP contribution in [0, 0.1) is 83.1 Å².